The van der Waals surface area contributed by atoms with Crippen molar-refractivity contribution in [3.05, 3.63) is 98.4 Å². The van der Waals surface area contributed by atoms with Gasteiger partial charge < -0.3 is 4.74 Å². The van der Waals surface area contributed by atoms with Crippen molar-refractivity contribution in [3.8, 4) is 22.8 Å². The Bertz CT molecular complexity index is 1510. The maximum absolute atomic E-state index is 14.0. The number of halogens is 3. The highest BCUT2D eigenvalue weighted by Gasteiger charge is 2.20. The lowest BCUT2D eigenvalue weighted by Gasteiger charge is -2.18. The molecule has 0 aliphatic rings. The number of rotatable bonds is 5. The Morgan fingerprint density at radius 3 is 2.50 bits per heavy atom. The van der Waals surface area contributed by atoms with Crippen molar-refractivity contribution in [2.45, 2.75) is 46.6 Å². The molecule has 0 saturated carbocycles. The molecule has 0 aliphatic heterocycles. The van der Waals surface area contributed by atoms with Crippen LogP contribution in [0.4, 0.5) is 8.78 Å². The van der Waals surface area contributed by atoms with E-state index in [0.29, 0.717) is 28.6 Å². The number of nitrogens with zero attached hydrogens (tertiary/aromatic N) is 4. The number of benzene rings is 1. The second kappa shape index (κ2) is 9.78. The molecular weight excluding hydrogens is 486 g/mol. The largest absolute Gasteiger partial charge is 0.487 e. The van der Waals surface area contributed by atoms with Crippen LogP contribution < -0.4 is 10.3 Å². The van der Waals surface area contributed by atoms with Crippen LogP contribution in [-0.2, 0) is 12.0 Å². The fourth-order valence-corrected chi connectivity index (χ4v) is 3.85. The van der Waals surface area contributed by atoms with E-state index in [9.17, 15) is 13.6 Å². The van der Waals surface area contributed by atoms with Gasteiger partial charge in [0.1, 0.15) is 34.8 Å². The molecular formula is C27H25ClF2N4O2. The van der Waals surface area contributed by atoms with E-state index in [1.54, 1.807) is 37.5 Å². The molecule has 1 aromatic carbocycles. The summed E-state index contributed by atoms with van der Waals surface area (Å²) in [5.74, 6) is -0.632. The number of ether oxygens (including phenoxy) is 1. The van der Waals surface area contributed by atoms with Crippen LogP contribution in [0.15, 0.2) is 53.6 Å². The van der Waals surface area contributed by atoms with Gasteiger partial charge in [-0.3, -0.25) is 14.3 Å². The summed E-state index contributed by atoms with van der Waals surface area (Å²) in [6, 6.07) is 8.25. The first-order valence-corrected chi connectivity index (χ1v) is 11.6. The molecule has 3 aromatic heterocycles. The lowest BCUT2D eigenvalue weighted by atomic mass is 9.95. The van der Waals surface area contributed by atoms with Gasteiger partial charge in [0, 0.05) is 41.2 Å². The summed E-state index contributed by atoms with van der Waals surface area (Å²) in [7, 11) is 0. The van der Waals surface area contributed by atoms with Crippen molar-refractivity contribution in [1.29, 1.82) is 0 Å². The van der Waals surface area contributed by atoms with Crippen LogP contribution in [0.2, 0.25) is 5.02 Å². The second-order valence-corrected chi connectivity index (χ2v) is 9.88. The average molecular weight is 511 g/mol. The molecule has 0 bridgehead atoms. The first kappa shape index (κ1) is 25.4. The number of hydrogen-bond donors (Lipinski definition) is 0. The zero-order chi connectivity index (χ0) is 26.2. The van der Waals surface area contributed by atoms with Crippen LogP contribution in [0.25, 0.3) is 17.1 Å². The summed E-state index contributed by atoms with van der Waals surface area (Å²) in [4.78, 5) is 26.9. The van der Waals surface area contributed by atoms with Crippen LogP contribution in [0.1, 0.15) is 43.4 Å². The molecule has 9 heteroatoms. The standard InChI is InChI=1S/C27H25ClF2N4O2/c1-15-13-32-26(27(3,4)5)33-24(15)21-12-19(8-9-31-21)34-16(2)10-22(23(28)25(34)35)36-14-17-6-7-18(29)11-20(17)30/h6-13H,14H2,1-5H3. The molecule has 6 nitrogen and oxygen atoms in total. The van der Waals surface area contributed by atoms with Gasteiger partial charge in [0.2, 0.25) is 0 Å². The van der Waals surface area contributed by atoms with E-state index in [2.05, 4.69) is 9.97 Å². The molecule has 0 spiro atoms. The van der Waals surface area contributed by atoms with Crippen molar-refractivity contribution < 1.29 is 13.5 Å². The lowest BCUT2D eigenvalue weighted by molar-refractivity contribution is 0.298. The highest BCUT2D eigenvalue weighted by atomic mass is 35.5. The Labute approximate surface area is 212 Å². The number of pyridine rings is 2. The molecule has 0 atom stereocenters. The van der Waals surface area contributed by atoms with E-state index < -0.39 is 17.2 Å². The zero-order valence-corrected chi connectivity index (χ0v) is 21.3. The summed E-state index contributed by atoms with van der Waals surface area (Å²) in [6.07, 6.45) is 3.37. The van der Waals surface area contributed by atoms with E-state index in [-0.39, 0.29) is 28.4 Å². The first-order chi connectivity index (χ1) is 17.0. The van der Waals surface area contributed by atoms with Crippen molar-refractivity contribution in [1.82, 2.24) is 19.5 Å². The molecule has 36 heavy (non-hydrogen) atoms. The average Bonchev–Trinajstić information content (AvgIpc) is 2.81. The summed E-state index contributed by atoms with van der Waals surface area (Å²) < 4.78 is 34.2. The van der Waals surface area contributed by atoms with Crippen LogP contribution in [-0.4, -0.2) is 19.5 Å². The summed E-state index contributed by atoms with van der Waals surface area (Å²) in [5.41, 5.74) is 2.62. The van der Waals surface area contributed by atoms with Crippen LogP contribution in [0.3, 0.4) is 0 Å². The summed E-state index contributed by atoms with van der Waals surface area (Å²) >= 11 is 6.36. The van der Waals surface area contributed by atoms with E-state index in [4.69, 9.17) is 21.3 Å². The van der Waals surface area contributed by atoms with E-state index in [1.807, 2.05) is 27.7 Å². The molecule has 0 radical (unpaired) electrons. The molecule has 4 aromatic rings. The van der Waals surface area contributed by atoms with Crippen molar-refractivity contribution in [2.75, 3.05) is 0 Å². The van der Waals surface area contributed by atoms with Gasteiger partial charge in [0.05, 0.1) is 17.1 Å². The normalized spacial score (nSPS) is 11.6. The minimum atomic E-state index is -0.741. The Morgan fingerprint density at radius 2 is 1.81 bits per heavy atom. The molecule has 0 aliphatic carbocycles. The van der Waals surface area contributed by atoms with Crippen molar-refractivity contribution in [2.24, 2.45) is 0 Å². The fourth-order valence-electron chi connectivity index (χ4n) is 3.65. The maximum Gasteiger partial charge on any atom is 0.277 e. The molecule has 0 N–H and O–H groups in total. The molecule has 0 amide bonds. The topological polar surface area (TPSA) is 69.9 Å². The van der Waals surface area contributed by atoms with E-state index in [0.717, 1.165) is 17.7 Å². The third-order valence-corrected chi connectivity index (χ3v) is 5.93. The smallest absolute Gasteiger partial charge is 0.277 e. The van der Waals surface area contributed by atoms with Gasteiger partial charge in [-0.25, -0.2) is 18.7 Å². The fraction of sp³-hybridized carbons (Fsp3) is 0.259. The SMILES string of the molecule is Cc1cnc(C(C)(C)C)nc1-c1cc(-n2c(C)cc(OCc3ccc(F)cc3F)c(Cl)c2=O)ccn1. The molecule has 186 valence electrons. The van der Waals surface area contributed by atoms with Crippen molar-refractivity contribution >= 4 is 11.6 Å². The Balaban J connectivity index is 1.70. The third kappa shape index (κ3) is 5.14. The second-order valence-electron chi connectivity index (χ2n) is 9.50. The van der Waals surface area contributed by atoms with Gasteiger partial charge in [0.15, 0.2) is 0 Å². The molecule has 0 unspecified atom stereocenters. The van der Waals surface area contributed by atoms with Gasteiger partial charge in [0.25, 0.3) is 5.56 Å². The number of aromatic nitrogens is 4. The zero-order valence-electron chi connectivity index (χ0n) is 20.6. The number of aryl methyl sites for hydroxylation is 2. The summed E-state index contributed by atoms with van der Waals surface area (Å²) in [5, 5.41) is -0.158. The van der Waals surface area contributed by atoms with Crippen LogP contribution in [0.5, 0.6) is 5.75 Å². The van der Waals surface area contributed by atoms with E-state index in [1.165, 1.54) is 10.6 Å². The number of hydrogen-bond acceptors (Lipinski definition) is 5. The molecule has 3 heterocycles. The molecule has 0 fully saturated rings. The van der Waals surface area contributed by atoms with Crippen LogP contribution >= 0.6 is 11.6 Å². The van der Waals surface area contributed by atoms with Crippen molar-refractivity contribution in [3.63, 3.8) is 0 Å². The monoisotopic (exact) mass is 510 g/mol. The van der Waals surface area contributed by atoms with Gasteiger partial charge in [-0.1, -0.05) is 32.4 Å². The lowest BCUT2D eigenvalue weighted by Crippen LogP contribution is -2.22. The van der Waals surface area contributed by atoms with Crippen LogP contribution in [0, 0.1) is 25.5 Å². The quantitative estimate of drug-likeness (QED) is 0.324. The molecule has 4 rings (SSSR count). The Morgan fingerprint density at radius 1 is 1.06 bits per heavy atom. The van der Waals surface area contributed by atoms with E-state index >= 15 is 0 Å². The highest BCUT2D eigenvalue weighted by Crippen LogP contribution is 2.28. The first-order valence-electron chi connectivity index (χ1n) is 11.3. The summed E-state index contributed by atoms with van der Waals surface area (Å²) in [6.45, 7) is 9.52. The predicted octanol–water partition coefficient (Wildman–Crippen LogP) is 6.11. The minimum absolute atomic E-state index is 0.106. The van der Waals surface area contributed by atoms with Gasteiger partial charge >= 0.3 is 0 Å². The van der Waals surface area contributed by atoms with Gasteiger partial charge in [-0.2, -0.15) is 0 Å². The maximum atomic E-state index is 14.0. The predicted molar refractivity (Wildman–Crippen MR) is 135 cm³/mol. The molecule has 0 saturated heterocycles. The van der Waals surface area contributed by atoms with Gasteiger partial charge in [-0.05, 0) is 43.7 Å². The highest BCUT2D eigenvalue weighted by molar-refractivity contribution is 6.31. The Kier molecular flexibility index (Phi) is 6.91. The van der Waals surface area contributed by atoms with Gasteiger partial charge in [-0.15, -0.1) is 0 Å². The Hall–Kier alpha value is -3.65. The minimum Gasteiger partial charge on any atom is -0.487 e. The third-order valence-electron chi connectivity index (χ3n) is 5.59.